The molecule has 1 unspecified atom stereocenters. The minimum Gasteiger partial charge on any atom is -0.330 e. The first-order valence-corrected chi connectivity index (χ1v) is 4.51. The predicted molar refractivity (Wildman–Crippen MR) is 47.8 cm³/mol. The lowest BCUT2D eigenvalue weighted by molar-refractivity contribution is -0.134. The first-order chi connectivity index (χ1) is 6.24. The molecule has 0 bridgehead atoms. The Hall–Kier alpha value is -0.940. The number of hydrogen-bond donors (Lipinski definition) is 3. The molecule has 5 nitrogen and oxygen atoms in total. The Morgan fingerprint density at radius 1 is 1.54 bits per heavy atom. The fourth-order valence-electron chi connectivity index (χ4n) is 1.27. The van der Waals surface area contributed by atoms with Crippen LogP contribution in [0.5, 0.6) is 0 Å². The summed E-state index contributed by atoms with van der Waals surface area (Å²) >= 11 is 0. The first kappa shape index (κ1) is 10.1. The van der Waals surface area contributed by atoms with Gasteiger partial charge in [-0.05, 0) is 25.9 Å². The molecule has 0 aromatic rings. The molecule has 1 aliphatic heterocycles. The van der Waals surface area contributed by atoms with Gasteiger partial charge >= 0.3 is 0 Å². The van der Waals surface area contributed by atoms with Gasteiger partial charge in [-0.3, -0.25) is 14.9 Å². The molecule has 1 fully saturated rings. The highest BCUT2D eigenvalue weighted by atomic mass is 16.2. The summed E-state index contributed by atoms with van der Waals surface area (Å²) in [5, 5.41) is 5.33. The Bertz CT molecular complexity index is 206. The third kappa shape index (κ3) is 3.12. The molecule has 13 heavy (non-hydrogen) atoms. The molecule has 2 amide bonds. The number of carbonyl (C=O) groups is 2. The first-order valence-electron chi connectivity index (χ1n) is 4.51. The van der Waals surface area contributed by atoms with Crippen molar-refractivity contribution in [3.63, 3.8) is 0 Å². The quantitative estimate of drug-likeness (QED) is 0.376. The smallest absolute Gasteiger partial charge is 0.243 e. The molecule has 1 heterocycles. The van der Waals surface area contributed by atoms with Crippen molar-refractivity contribution in [1.29, 1.82) is 0 Å². The Labute approximate surface area is 77.1 Å². The van der Waals surface area contributed by atoms with E-state index in [2.05, 4.69) is 10.6 Å². The molecular weight excluding hydrogens is 170 g/mol. The van der Waals surface area contributed by atoms with Crippen molar-refractivity contribution >= 4 is 11.8 Å². The van der Waals surface area contributed by atoms with Crippen LogP contribution >= 0.6 is 0 Å². The molecule has 0 saturated carbocycles. The lowest BCUT2D eigenvalue weighted by Gasteiger charge is -2.21. The van der Waals surface area contributed by atoms with E-state index in [9.17, 15) is 9.59 Å². The van der Waals surface area contributed by atoms with Crippen LogP contribution in [0, 0.1) is 0 Å². The number of nitrogens with one attached hydrogen (secondary N) is 2. The van der Waals surface area contributed by atoms with E-state index in [-0.39, 0.29) is 17.9 Å². The second-order valence-corrected chi connectivity index (χ2v) is 3.10. The summed E-state index contributed by atoms with van der Waals surface area (Å²) in [4.78, 5) is 21.9. The molecule has 0 aliphatic carbocycles. The zero-order chi connectivity index (χ0) is 9.68. The maximum absolute atomic E-state index is 11.2. The van der Waals surface area contributed by atoms with Crippen molar-refractivity contribution in [2.45, 2.75) is 25.3 Å². The average molecular weight is 185 g/mol. The van der Waals surface area contributed by atoms with E-state index in [0.717, 1.165) is 13.0 Å². The van der Waals surface area contributed by atoms with Gasteiger partial charge in [-0.25, -0.2) is 0 Å². The van der Waals surface area contributed by atoms with Gasteiger partial charge < -0.3 is 11.1 Å². The summed E-state index contributed by atoms with van der Waals surface area (Å²) in [5.41, 5.74) is 5.31. The van der Waals surface area contributed by atoms with E-state index < -0.39 is 0 Å². The van der Waals surface area contributed by atoms with Crippen LogP contribution in [0.15, 0.2) is 0 Å². The minimum atomic E-state index is -0.218. The van der Waals surface area contributed by atoms with E-state index in [4.69, 9.17) is 5.73 Å². The van der Waals surface area contributed by atoms with Crippen LogP contribution in [0.1, 0.15) is 19.3 Å². The van der Waals surface area contributed by atoms with Crippen LogP contribution in [0.25, 0.3) is 0 Å². The molecule has 4 N–H and O–H groups in total. The molecular formula is C8H15N3O2. The second kappa shape index (κ2) is 4.94. The van der Waals surface area contributed by atoms with Gasteiger partial charge in [0.25, 0.3) is 0 Å². The fraction of sp³-hybridized carbons (Fsp3) is 0.750. The van der Waals surface area contributed by atoms with Gasteiger partial charge in [-0.2, -0.15) is 0 Å². The number of nitrogens with two attached hydrogens (primary N) is 1. The molecule has 1 atom stereocenters. The molecule has 1 rings (SSSR count). The maximum Gasteiger partial charge on any atom is 0.243 e. The van der Waals surface area contributed by atoms with Crippen LogP contribution in [0.4, 0.5) is 0 Å². The minimum absolute atomic E-state index is 0.179. The molecule has 5 heteroatoms. The Kier molecular flexibility index (Phi) is 3.85. The van der Waals surface area contributed by atoms with Gasteiger partial charge in [0.2, 0.25) is 11.8 Å². The summed E-state index contributed by atoms with van der Waals surface area (Å²) in [6, 6.07) is -0.218. The zero-order valence-corrected chi connectivity index (χ0v) is 7.51. The highest BCUT2D eigenvalue weighted by Gasteiger charge is 2.25. The van der Waals surface area contributed by atoms with Crippen molar-refractivity contribution in [2.75, 3.05) is 13.1 Å². The number of imide groups is 1. The van der Waals surface area contributed by atoms with Crippen molar-refractivity contribution in [2.24, 2.45) is 5.73 Å². The zero-order valence-electron chi connectivity index (χ0n) is 7.51. The normalized spacial score (nSPS) is 23.0. The number of piperidine rings is 1. The molecule has 0 aromatic carbocycles. The van der Waals surface area contributed by atoms with Crippen LogP contribution in [-0.4, -0.2) is 30.9 Å². The van der Waals surface area contributed by atoms with Crippen molar-refractivity contribution in [3.05, 3.63) is 0 Å². The number of rotatable bonds is 4. The van der Waals surface area contributed by atoms with Crippen LogP contribution < -0.4 is 16.4 Å². The SMILES string of the molecule is NCCCNC1CCC(=O)NC1=O. The molecule has 0 spiro atoms. The second-order valence-electron chi connectivity index (χ2n) is 3.10. The van der Waals surface area contributed by atoms with Gasteiger partial charge in [0.1, 0.15) is 0 Å². The van der Waals surface area contributed by atoms with Crippen molar-refractivity contribution in [1.82, 2.24) is 10.6 Å². The van der Waals surface area contributed by atoms with Gasteiger partial charge in [-0.1, -0.05) is 0 Å². The molecule has 0 aromatic heterocycles. The van der Waals surface area contributed by atoms with E-state index >= 15 is 0 Å². The molecule has 1 aliphatic rings. The van der Waals surface area contributed by atoms with Crippen molar-refractivity contribution in [3.8, 4) is 0 Å². The highest BCUT2D eigenvalue weighted by molar-refractivity contribution is 6.00. The summed E-state index contributed by atoms with van der Waals surface area (Å²) in [6.07, 6.45) is 1.86. The lowest BCUT2D eigenvalue weighted by Crippen LogP contribution is -2.50. The van der Waals surface area contributed by atoms with Gasteiger partial charge in [0.15, 0.2) is 0 Å². The monoisotopic (exact) mass is 185 g/mol. The molecule has 0 radical (unpaired) electrons. The number of amides is 2. The standard InChI is InChI=1S/C8H15N3O2/c9-4-1-5-10-6-2-3-7(12)11-8(6)13/h6,10H,1-5,9H2,(H,11,12,13). The van der Waals surface area contributed by atoms with Crippen LogP contribution in [0.2, 0.25) is 0 Å². The van der Waals surface area contributed by atoms with Crippen molar-refractivity contribution < 1.29 is 9.59 Å². The summed E-state index contributed by atoms with van der Waals surface area (Å²) in [6.45, 7) is 1.34. The molecule has 1 saturated heterocycles. The Balaban J connectivity index is 2.26. The largest absolute Gasteiger partial charge is 0.330 e. The fourth-order valence-corrected chi connectivity index (χ4v) is 1.27. The van der Waals surface area contributed by atoms with E-state index in [1.807, 2.05) is 0 Å². The van der Waals surface area contributed by atoms with Crippen LogP contribution in [0.3, 0.4) is 0 Å². The number of carbonyl (C=O) groups excluding carboxylic acids is 2. The third-order valence-corrected chi connectivity index (χ3v) is 2.01. The Morgan fingerprint density at radius 3 is 2.92 bits per heavy atom. The number of hydrogen-bond acceptors (Lipinski definition) is 4. The summed E-state index contributed by atoms with van der Waals surface area (Å²) in [7, 11) is 0. The highest BCUT2D eigenvalue weighted by Crippen LogP contribution is 2.03. The lowest BCUT2D eigenvalue weighted by atomic mass is 10.1. The van der Waals surface area contributed by atoms with Gasteiger partial charge in [0, 0.05) is 6.42 Å². The predicted octanol–water partition coefficient (Wildman–Crippen LogP) is -1.27. The summed E-state index contributed by atoms with van der Waals surface area (Å²) in [5.74, 6) is -0.393. The third-order valence-electron chi connectivity index (χ3n) is 2.01. The van der Waals surface area contributed by atoms with E-state index in [0.29, 0.717) is 19.4 Å². The van der Waals surface area contributed by atoms with E-state index in [1.54, 1.807) is 0 Å². The van der Waals surface area contributed by atoms with E-state index in [1.165, 1.54) is 0 Å². The molecule has 74 valence electrons. The Morgan fingerprint density at radius 2 is 2.31 bits per heavy atom. The van der Waals surface area contributed by atoms with Gasteiger partial charge in [0.05, 0.1) is 6.04 Å². The van der Waals surface area contributed by atoms with Crippen LogP contribution in [-0.2, 0) is 9.59 Å². The van der Waals surface area contributed by atoms with Gasteiger partial charge in [-0.15, -0.1) is 0 Å². The topological polar surface area (TPSA) is 84.2 Å². The summed E-state index contributed by atoms with van der Waals surface area (Å²) < 4.78 is 0. The maximum atomic E-state index is 11.2. The average Bonchev–Trinajstić information content (AvgIpc) is 2.09.